The maximum atomic E-state index is 13.4. The summed E-state index contributed by atoms with van der Waals surface area (Å²) in [6.07, 6.45) is 0.881. The van der Waals surface area contributed by atoms with E-state index in [-0.39, 0.29) is 17.6 Å². The molecule has 168 valence electrons. The first-order valence-corrected chi connectivity index (χ1v) is 10.8. The van der Waals surface area contributed by atoms with Crippen molar-refractivity contribution < 1.29 is 14.0 Å². The molecule has 5 nitrogen and oxygen atoms in total. The summed E-state index contributed by atoms with van der Waals surface area (Å²) in [6.45, 7) is 0.397. The van der Waals surface area contributed by atoms with Gasteiger partial charge >= 0.3 is 0 Å². The lowest BCUT2D eigenvalue weighted by Crippen LogP contribution is -2.23. The SMILES string of the molecule is CN(C)C(=O)c1ccc(CNC(=O)CCc2c(-c3ccc(F)cc3)[nH]c3ccccc23)cc1. The maximum Gasteiger partial charge on any atom is 0.253 e. The van der Waals surface area contributed by atoms with Crippen LogP contribution in [-0.4, -0.2) is 35.8 Å². The van der Waals surface area contributed by atoms with E-state index in [1.54, 1.807) is 38.4 Å². The van der Waals surface area contributed by atoms with Crippen LogP contribution in [0.3, 0.4) is 0 Å². The third-order valence-corrected chi connectivity index (χ3v) is 5.65. The van der Waals surface area contributed by atoms with Gasteiger partial charge in [-0.3, -0.25) is 9.59 Å². The Balaban J connectivity index is 1.43. The fourth-order valence-corrected chi connectivity index (χ4v) is 3.87. The Hall–Kier alpha value is -3.93. The minimum atomic E-state index is -0.282. The number of halogens is 1. The highest BCUT2D eigenvalue weighted by molar-refractivity contribution is 5.94. The van der Waals surface area contributed by atoms with Gasteiger partial charge in [0, 0.05) is 49.2 Å². The summed E-state index contributed by atoms with van der Waals surface area (Å²) in [7, 11) is 3.43. The van der Waals surface area contributed by atoms with Crippen LogP contribution in [0.25, 0.3) is 22.2 Å². The van der Waals surface area contributed by atoms with Gasteiger partial charge < -0.3 is 15.2 Å². The lowest BCUT2D eigenvalue weighted by molar-refractivity contribution is -0.121. The summed E-state index contributed by atoms with van der Waals surface area (Å²) in [5.41, 5.74) is 5.36. The number of aryl methyl sites for hydroxylation is 1. The van der Waals surface area contributed by atoms with Crippen LogP contribution >= 0.6 is 0 Å². The molecule has 1 aromatic heterocycles. The molecule has 0 unspecified atom stereocenters. The van der Waals surface area contributed by atoms with Gasteiger partial charge in [-0.25, -0.2) is 4.39 Å². The highest BCUT2D eigenvalue weighted by Crippen LogP contribution is 2.31. The van der Waals surface area contributed by atoms with Crippen molar-refractivity contribution in [2.75, 3.05) is 14.1 Å². The van der Waals surface area contributed by atoms with Gasteiger partial charge in [0.25, 0.3) is 5.91 Å². The smallest absolute Gasteiger partial charge is 0.253 e. The van der Waals surface area contributed by atoms with Crippen LogP contribution in [0.1, 0.15) is 27.9 Å². The molecule has 1 heterocycles. The standard InChI is InChI=1S/C27H26FN3O2/c1-31(2)27(33)20-9-7-18(8-10-20)17-29-25(32)16-15-23-22-5-3-4-6-24(22)30-26(23)19-11-13-21(28)14-12-19/h3-14,30H,15-17H2,1-2H3,(H,29,32). The highest BCUT2D eigenvalue weighted by atomic mass is 19.1. The zero-order valence-corrected chi connectivity index (χ0v) is 18.7. The number of aromatic amines is 1. The zero-order chi connectivity index (χ0) is 23.4. The van der Waals surface area contributed by atoms with Crippen LogP contribution in [0, 0.1) is 5.82 Å². The van der Waals surface area contributed by atoms with Crippen LogP contribution in [0.15, 0.2) is 72.8 Å². The number of nitrogens with one attached hydrogen (secondary N) is 2. The molecular formula is C27H26FN3O2. The van der Waals surface area contributed by atoms with Crippen molar-refractivity contribution in [3.05, 3.63) is 95.3 Å². The van der Waals surface area contributed by atoms with Crippen molar-refractivity contribution in [1.82, 2.24) is 15.2 Å². The Morgan fingerprint density at radius 1 is 0.939 bits per heavy atom. The molecule has 0 aliphatic rings. The van der Waals surface area contributed by atoms with E-state index in [0.29, 0.717) is 24.9 Å². The van der Waals surface area contributed by atoms with Gasteiger partial charge in [-0.15, -0.1) is 0 Å². The predicted octanol–water partition coefficient (Wildman–Crippen LogP) is 4.92. The van der Waals surface area contributed by atoms with E-state index in [1.165, 1.54) is 17.0 Å². The number of nitrogens with zero attached hydrogens (tertiary/aromatic N) is 1. The van der Waals surface area contributed by atoms with Crippen LogP contribution in [0.2, 0.25) is 0 Å². The van der Waals surface area contributed by atoms with Crippen LogP contribution in [0.4, 0.5) is 4.39 Å². The monoisotopic (exact) mass is 443 g/mol. The molecule has 3 aromatic carbocycles. The van der Waals surface area contributed by atoms with Gasteiger partial charge in [0.1, 0.15) is 5.82 Å². The second-order valence-corrected chi connectivity index (χ2v) is 8.20. The molecule has 0 saturated carbocycles. The second kappa shape index (κ2) is 9.69. The summed E-state index contributed by atoms with van der Waals surface area (Å²) in [6, 6.07) is 21.6. The Morgan fingerprint density at radius 2 is 1.64 bits per heavy atom. The van der Waals surface area contributed by atoms with Crippen molar-refractivity contribution in [3.63, 3.8) is 0 Å². The van der Waals surface area contributed by atoms with Gasteiger partial charge in [-0.2, -0.15) is 0 Å². The molecule has 2 N–H and O–H groups in total. The molecule has 0 saturated heterocycles. The van der Waals surface area contributed by atoms with Crippen molar-refractivity contribution >= 4 is 22.7 Å². The predicted molar refractivity (Wildman–Crippen MR) is 128 cm³/mol. The average molecular weight is 444 g/mol. The average Bonchev–Trinajstić information content (AvgIpc) is 3.20. The molecule has 4 rings (SSSR count). The molecule has 2 amide bonds. The highest BCUT2D eigenvalue weighted by Gasteiger charge is 2.15. The van der Waals surface area contributed by atoms with Gasteiger partial charge in [0.15, 0.2) is 0 Å². The number of carbonyl (C=O) groups is 2. The molecule has 0 atom stereocenters. The third-order valence-electron chi connectivity index (χ3n) is 5.65. The largest absolute Gasteiger partial charge is 0.354 e. The Bertz CT molecular complexity index is 1280. The Morgan fingerprint density at radius 3 is 2.33 bits per heavy atom. The van der Waals surface area contributed by atoms with Gasteiger partial charge in [0.2, 0.25) is 5.91 Å². The van der Waals surface area contributed by atoms with Crippen molar-refractivity contribution in [1.29, 1.82) is 0 Å². The van der Waals surface area contributed by atoms with E-state index in [1.807, 2.05) is 36.4 Å². The maximum absolute atomic E-state index is 13.4. The molecule has 6 heteroatoms. The first kappa shape index (κ1) is 22.3. The number of fused-ring (bicyclic) bond motifs is 1. The first-order chi connectivity index (χ1) is 15.9. The number of rotatable bonds is 7. The molecule has 0 bridgehead atoms. The quantitative estimate of drug-likeness (QED) is 0.426. The molecule has 0 aliphatic heterocycles. The number of carbonyl (C=O) groups excluding carboxylic acids is 2. The molecule has 0 fully saturated rings. The number of amides is 2. The van der Waals surface area contributed by atoms with E-state index >= 15 is 0 Å². The summed E-state index contributed by atoms with van der Waals surface area (Å²) >= 11 is 0. The van der Waals surface area contributed by atoms with Crippen molar-refractivity contribution in [2.24, 2.45) is 0 Å². The normalized spacial score (nSPS) is 10.9. The summed E-state index contributed by atoms with van der Waals surface area (Å²) in [5.74, 6) is -0.394. The number of benzene rings is 3. The third kappa shape index (κ3) is 5.12. The fourth-order valence-electron chi connectivity index (χ4n) is 3.87. The number of hydrogen-bond donors (Lipinski definition) is 2. The number of H-pyrrole nitrogens is 1. The van der Waals surface area contributed by atoms with Crippen LogP contribution in [-0.2, 0) is 17.8 Å². The van der Waals surface area contributed by atoms with E-state index in [2.05, 4.69) is 10.3 Å². The Labute approximate surface area is 192 Å². The van der Waals surface area contributed by atoms with Gasteiger partial charge in [0.05, 0.1) is 0 Å². The molecule has 0 spiro atoms. The molecule has 4 aromatic rings. The summed E-state index contributed by atoms with van der Waals surface area (Å²) in [4.78, 5) is 29.5. The molecule has 33 heavy (non-hydrogen) atoms. The first-order valence-electron chi connectivity index (χ1n) is 10.8. The molecule has 0 aliphatic carbocycles. The lowest BCUT2D eigenvalue weighted by atomic mass is 10.0. The second-order valence-electron chi connectivity index (χ2n) is 8.20. The molecular weight excluding hydrogens is 417 g/mol. The van der Waals surface area contributed by atoms with Gasteiger partial charge in [-0.05, 0) is 65.6 Å². The van der Waals surface area contributed by atoms with E-state index < -0.39 is 0 Å². The van der Waals surface area contributed by atoms with Gasteiger partial charge in [-0.1, -0.05) is 30.3 Å². The van der Waals surface area contributed by atoms with E-state index in [0.717, 1.165) is 33.3 Å². The van der Waals surface area contributed by atoms with Crippen LogP contribution < -0.4 is 5.32 Å². The number of hydrogen-bond acceptors (Lipinski definition) is 2. The fraction of sp³-hybridized carbons (Fsp3) is 0.185. The van der Waals surface area contributed by atoms with Crippen LogP contribution in [0.5, 0.6) is 0 Å². The van der Waals surface area contributed by atoms with Crippen molar-refractivity contribution in [3.8, 4) is 11.3 Å². The summed E-state index contributed by atoms with van der Waals surface area (Å²) < 4.78 is 13.4. The summed E-state index contributed by atoms with van der Waals surface area (Å²) in [5, 5.41) is 4.01. The van der Waals surface area contributed by atoms with Crippen molar-refractivity contribution in [2.45, 2.75) is 19.4 Å². The zero-order valence-electron chi connectivity index (χ0n) is 18.7. The number of aromatic nitrogens is 1. The Kier molecular flexibility index (Phi) is 6.54. The molecule has 0 radical (unpaired) electrons. The lowest BCUT2D eigenvalue weighted by Gasteiger charge is -2.11. The topological polar surface area (TPSA) is 65.2 Å². The van der Waals surface area contributed by atoms with E-state index in [9.17, 15) is 14.0 Å². The number of para-hydroxylation sites is 1. The minimum Gasteiger partial charge on any atom is -0.354 e. The minimum absolute atomic E-state index is 0.0544. The van der Waals surface area contributed by atoms with E-state index in [4.69, 9.17) is 0 Å².